The number of aromatic amines is 1. The Bertz CT molecular complexity index is 1000. The number of para-hydroxylation sites is 1. The molecule has 0 saturated carbocycles. The van der Waals surface area contributed by atoms with Gasteiger partial charge in [0.1, 0.15) is 11.3 Å². The Kier molecular flexibility index (Phi) is 2.94. The third kappa shape index (κ3) is 2.36. The Labute approximate surface area is 121 Å². The zero-order valence-electron chi connectivity index (χ0n) is 11.5. The molecule has 6 nitrogen and oxygen atoms in total. The maximum absolute atomic E-state index is 11.8. The van der Waals surface area contributed by atoms with Crippen LogP contribution in [0.2, 0.25) is 0 Å². The van der Waals surface area contributed by atoms with Crippen molar-refractivity contribution in [3.8, 4) is 11.4 Å². The second kappa shape index (κ2) is 4.56. The van der Waals surface area contributed by atoms with E-state index in [0.29, 0.717) is 22.4 Å². The molecule has 0 unspecified atom stereocenters. The van der Waals surface area contributed by atoms with Crippen molar-refractivity contribution in [1.82, 2.24) is 14.5 Å². The molecule has 3 rings (SSSR count). The van der Waals surface area contributed by atoms with E-state index < -0.39 is 9.84 Å². The van der Waals surface area contributed by atoms with Crippen LogP contribution in [0.25, 0.3) is 22.4 Å². The highest BCUT2D eigenvalue weighted by Gasteiger charge is 2.15. The first kappa shape index (κ1) is 13.6. The Morgan fingerprint density at radius 1 is 1.24 bits per heavy atom. The Morgan fingerprint density at radius 3 is 2.67 bits per heavy atom. The summed E-state index contributed by atoms with van der Waals surface area (Å²) >= 11 is 0. The SMILES string of the molecule is Cn1ccc(-c2nc3c(S(C)(=O)=O)cccc3[nH]2)cc1=O. The van der Waals surface area contributed by atoms with Gasteiger partial charge in [-0.3, -0.25) is 4.79 Å². The van der Waals surface area contributed by atoms with Crippen LogP contribution in [0.3, 0.4) is 0 Å². The number of aryl methyl sites for hydroxylation is 1. The van der Waals surface area contributed by atoms with E-state index in [0.717, 1.165) is 6.26 Å². The van der Waals surface area contributed by atoms with Gasteiger partial charge in [0, 0.05) is 31.1 Å². The first-order chi connectivity index (χ1) is 9.86. The van der Waals surface area contributed by atoms with Gasteiger partial charge in [-0.25, -0.2) is 13.4 Å². The molecule has 0 spiro atoms. The molecule has 2 heterocycles. The van der Waals surface area contributed by atoms with Gasteiger partial charge in [-0.2, -0.15) is 0 Å². The van der Waals surface area contributed by atoms with Gasteiger partial charge in [-0.1, -0.05) is 6.07 Å². The van der Waals surface area contributed by atoms with Gasteiger partial charge in [-0.15, -0.1) is 0 Å². The van der Waals surface area contributed by atoms with Crippen LogP contribution in [-0.2, 0) is 16.9 Å². The van der Waals surface area contributed by atoms with Crippen molar-refractivity contribution < 1.29 is 8.42 Å². The van der Waals surface area contributed by atoms with Gasteiger partial charge in [0.25, 0.3) is 5.56 Å². The number of hydrogen-bond donors (Lipinski definition) is 1. The molecule has 3 aromatic rings. The number of benzene rings is 1. The fraction of sp³-hybridized carbons (Fsp3) is 0.143. The zero-order valence-corrected chi connectivity index (χ0v) is 12.3. The van der Waals surface area contributed by atoms with Crippen LogP contribution in [0.5, 0.6) is 0 Å². The summed E-state index contributed by atoms with van der Waals surface area (Å²) < 4.78 is 25.0. The van der Waals surface area contributed by atoms with Crippen molar-refractivity contribution in [3.63, 3.8) is 0 Å². The molecular weight excluding hydrogens is 290 g/mol. The summed E-state index contributed by atoms with van der Waals surface area (Å²) in [5, 5.41) is 0. The molecule has 7 heteroatoms. The maximum atomic E-state index is 11.8. The molecule has 0 radical (unpaired) electrons. The maximum Gasteiger partial charge on any atom is 0.250 e. The van der Waals surface area contributed by atoms with Gasteiger partial charge in [0.15, 0.2) is 9.84 Å². The zero-order chi connectivity index (χ0) is 15.2. The third-order valence-corrected chi connectivity index (χ3v) is 4.38. The highest BCUT2D eigenvalue weighted by Crippen LogP contribution is 2.24. The minimum atomic E-state index is -3.36. The summed E-state index contributed by atoms with van der Waals surface area (Å²) in [6.45, 7) is 0. The van der Waals surface area contributed by atoms with Gasteiger partial charge in [0.05, 0.1) is 10.4 Å². The molecule has 0 saturated heterocycles. The van der Waals surface area contributed by atoms with Crippen LogP contribution in [0.15, 0.2) is 46.2 Å². The molecule has 1 aromatic carbocycles. The van der Waals surface area contributed by atoms with Crippen LogP contribution in [0, 0.1) is 0 Å². The van der Waals surface area contributed by atoms with E-state index in [1.54, 1.807) is 31.4 Å². The number of hydrogen-bond acceptors (Lipinski definition) is 4. The average Bonchev–Trinajstić information content (AvgIpc) is 2.84. The van der Waals surface area contributed by atoms with Gasteiger partial charge in [0.2, 0.25) is 0 Å². The number of imidazole rings is 1. The van der Waals surface area contributed by atoms with E-state index >= 15 is 0 Å². The first-order valence-corrected chi connectivity index (χ1v) is 8.11. The second-order valence-electron chi connectivity index (χ2n) is 4.87. The summed E-state index contributed by atoms with van der Waals surface area (Å²) in [6, 6.07) is 8.13. The Morgan fingerprint density at radius 2 is 2.00 bits per heavy atom. The molecular formula is C14H13N3O3S. The first-order valence-electron chi connectivity index (χ1n) is 6.22. The largest absolute Gasteiger partial charge is 0.338 e. The standard InChI is InChI=1S/C14H13N3O3S/c1-17-7-6-9(8-12(17)18)14-15-10-4-3-5-11(13(10)16-14)21(2,19)20/h3-8H,1-2H3,(H,15,16). The number of sulfone groups is 1. The molecule has 0 fully saturated rings. The Hall–Kier alpha value is -2.41. The smallest absolute Gasteiger partial charge is 0.250 e. The van der Waals surface area contributed by atoms with Crippen molar-refractivity contribution in [2.24, 2.45) is 7.05 Å². The number of rotatable bonds is 2. The average molecular weight is 303 g/mol. The van der Waals surface area contributed by atoms with E-state index in [-0.39, 0.29) is 10.5 Å². The summed E-state index contributed by atoms with van der Waals surface area (Å²) in [5.74, 6) is 0.471. The van der Waals surface area contributed by atoms with Crippen molar-refractivity contribution in [2.75, 3.05) is 6.26 Å². The normalized spacial score (nSPS) is 11.9. The molecule has 108 valence electrons. The van der Waals surface area contributed by atoms with Crippen LogP contribution in [0.4, 0.5) is 0 Å². The number of nitrogens with one attached hydrogen (secondary N) is 1. The van der Waals surface area contributed by atoms with Crippen molar-refractivity contribution in [3.05, 3.63) is 46.9 Å². The predicted octanol–water partition coefficient (Wildman–Crippen LogP) is 1.33. The molecule has 0 atom stereocenters. The van der Waals surface area contributed by atoms with Crippen LogP contribution in [-0.4, -0.2) is 29.2 Å². The van der Waals surface area contributed by atoms with Crippen LogP contribution < -0.4 is 5.56 Å². The number of aromatic nitrogens is 3. The van der Waals surface area contributed by atoms with E-state index in [9.17, 15) is 13.2 Å². The van der Waals surface area contributed by atoms with Crippen molar-refractivity contribution in [1.29, 1.82) is 0 Å². The summed E-state index contributed by atoms with van der Waals surface area (Å²) in [5.41, 5.74) is 1.47. The highest BCUT2D eigenvalue weighted by atomic mass is 32.2. The lowest BCUT2D eigenvalue weighted by molar-refractivity contribution is 0.602. The monoisotopic (exact) mass is 303 g/mol. The number of fused-ring (bicyclic) bond motifs is 1. The van der Waals surface area contributed by atoms with Gasteiger partial charge < -0.3 is 9.55 Å². The van der Waals surface area contributed by atoms with Crippen LogP contribution >= 0.6 is 0 Å². The highest BCUT2D eigenvalue weighted by molar-refractivity contribution is 7.91. The molecule has 21 heavy (non-hydrogen) atoms. The minimum Gasteiger partial charge on any atom is -0.338 e. The van der Waals surface area contributed by atoms with Gasteiger partial charge >= 0.3 is 0 Å². The molecule has 1 N–H and O–H groups in total. The quantitative estimate of drug-likeness (QED) is 0.774. The fourth-order valence-electron chi connectivity index (χ4n) is 2.14. The molecule has 0 bridgehead atoms. The summed E-state index contributed by atoms with van der Waals surface area (Å²) in [4.78, 5) is 19.2. The number of pyridine rings is 1. The van der Waals surface area contributed by atoms with Crippen LogP contribution in [0.1, 0.15) is 0 Å². The van der Waals surface area contributed by atoms with E-state index in [2.05, 4.69) is 9.97 Å². The molecule has 2 aromatic heterocycles. The van der Waals surface area contributed by atoms with Gasteiger partial charge in [-0.05, 0) is 18.2 Å². The molecule has 0 aliphatic carbocycles. The second-order valence-corrected chi connectivity index (χ2v) is 6.86. The van der Waals surface area contributed by atoms with E-state index in [4.69, 9.17) is 0 Å². The lowest BCUT2D eigenvalue weighted by Crippen LogP contribution is -2.14. The van der Waals surface area contributed by atoms with Crippen molar-refractivity contribution in [2.45, 2.75) is 4.90 Å². The summed E-state index contributed by atoms with van der Waals surface area (Å²) in [6.07, 6.45) is 2.79. The molecule has 0 amide bonds. The number of H-pyrrole nitrogens is 1. The third-order valence-electron chi connectivity index (χ3n) is 3.25. The molecule has 0 aliphatic rings. The fourth-order valence-corrected chi connectivity index (χ4v) is 2.97. The topological polar surface area (TPSA) is 84.8 Å². The number of nitrogens with zero attached hydrogens (tertiary/aromatic N) is 2. The Balaban J connectivity index is 2.27. The summed E-state index contributed by atoms with van der Waals surface area (Å²) in [7, 11) is -1.70. The van der Waals surface area contributed by atoms with E-state index in [1.807, 2.05) is 0 Å². The minimum absolute atomic E-state index is 0.156. The van der Waals surface area contributed by atoms with E-state index in [1.165, 1.54) is 16.7 Å². The lowest BCUT2D eigenvalue weighted by atomic mass is 10.2. The van der Waals surface area contributed by atoms with Crippen molar-refractivity contribution >= 4 is 20.9 Å². The predicted molar refractivity (Wildman–Crippen MR) is 79.9 cm³/mol. The lowest BCUT2D eigenvalue weighted by Gasteiger charge is -1.98. The molecule has 0 aliphatic heterocycles.